The number of nitrogen functional groups attached to an aromatic ring is 1. The zero-order chi connectivity index (χ0) is 19.0. The smallest absolute Gasteiger partial charge is 0.267 e. The number of anilines is 2. The quantitative estimate of drug-likeness (QED) is 0.689. The number of amides is 1. The molecule has 6 heteroatoms. The van der Waals surface area contributed by atoms with Crippen LogP contribution >= 0.6 is 11.3 Å². The van der Waals surface area contributed by atoms with Crippen molar-refractivity contribution in [3.8, 4) is 5.75 Å². The van der Waals surface area contributed by atoms with Crippen LogP contribution in [0.3, 0.4) is 0 Å². The van der Waals surface area contributed by atoms with Gasteiger partial charge < -0.3 is 15.8 Å². The lowest BCUT2D eigenvalue weighted by atomic mass is 9.85. The van der Waals surface area contributed by atoms with Crippen LogP contribution in [0.2, 0.25) is 0 Å². The summed E-state index contributed by atoms with van der Waals surface area (Å²) in [4.78, 5) is 18.9. The molecule has 0 fully saturated rings. The zero-order valence-electron chi connectivity index (χ0n) is 15.5. The van der Waals surface area contributed by atoms with Gasteiger partial charge in [0.05, 0.1) is 12.8 Å². The molecule has 1 aliphatic carbocycles. The molecule has 1 atom stereocenters. The van der Waals surface area contributed by atoms with Gasteiger partial charge in [0, 0.05) is 16.8 Å². The number of carbonyl (C=O) groups is 1. The number of nitrogens with zero attached hydrogens (tertiary/aromatic N) is 1. The predicted octanol–water partition coefficient (Wildman–Crippen LogP) is 4.65. The average Bonchev–Trinajstić information content (AvgIpc) is 3.02. The summed E-state index contributed by atoms with van der Waals surface area (Å²) in [5.74, 6) is 1.26. The Morgan fingerprint density at radius 2 is 2.15 bits per heavy atom. The molecule has 4 rings (SSSR count). The van der Waals surface area contributed by atoms with E-state index in [1.54, 1.807) is 7.11 Å². The van der Waals surface area contributed by atoms with Crippen LogP contribution < -0.4 is 15.8 Å². The molecule has 0 saturated carbocycles. The van der Waals surface area contributed by atoms with Crippen molar-refractivity contribution in [1.29, 1.82) is 0 Å². The Morgan fingerprint density at radius 1 is 1.37 bits per heavy atom. The van der Waals surface area contributed by atoms with Gasteiger partial charge in [-0.2, -0.15) is 0 Å². The molecule has 3 N–H and O–H groups in total. The number of hydrogen-bond donors (Lipinski definition) is 2. The molecule has 5 nitrogen and oxygen atoms in total. The van der Waals surface area contributed by atoms with Gasteiger partial charge in [-0.3, -0.25) is 4.79 Å². The van der Waals surface area contributed by atoms with Gasteiger partial charge in [-0.05, 0) is 61.1 Å². The molecule has 2 heterocycles. The van der Waals surface area contributed by atoms with Crippen LogP contribution in [0.25, 0.3) is 10.2 Å². The number of fused-ring (bicyclic) bond motifs is 2. The lowest BCUT2D eigenvalue weighted by Gasteiger charge is -2.22. The molecule has 1 amide bonds. The maximum absolute atomic E-state index is 12.7. The minimum Gasteiger partial charge on any atom is -0.497 e. The van der Waals surface area contributed by atoms with Crippen molar-refractivity contribution >= 4 is 38.8 Å². The van der Waals surface area contributed by atoms with Gasteiger partial charge in [0.2, 0.25) is 0 Å². The molecule has 2 aromatic heterocycles. The molecule has 0 aliphatic heterocycles. The minimum atomic E-state index is -0.204. The van der Waals surface area contributed by atoms with E-state index in [1.165, 1.54) is 29.7 Å². The third kappa shape index (κ3) is 3.37. The first-order valence-corrected chi connectivity index (χ1v) is 10.1. The van der Waals surface area contributed by atoms with Crippen molar-refractivity contribution in [3.05, 3.63) is 46.5 Å². The van der Waals surface area contributed by atoms with E-state index in [4.69, 9.17) is 15.5 Å². The topological polar surface area (TPSA) is 77.2 Å². The highest BCUT2D eigenvalue weighted by atomic mass is 32.1. The summed E-state index contributed by atoms with van der Waals surface area (Å²) in [5.41, 5.74) is 10.0. The highest BCUT2D eigenvalue weighted by Crippen LogP contribution is 2.37. The van der Waals surface area contributed by atoms with E-state index in [0.29, 0.717) is 16.3 Å². The summed E-state index contributed by atoms with van der Waals surface area (Å²) in [5, 5.41) is 3.80. The lowest BCUT2D eigenvalue weighted by molar-refractivity contribution is 0.103. The summed E-state index contributed by atoms with van der Waals surface area (Å²) < 4.78 is 5.14. The van der Waals surface area contributed by atoms with Gasteiger partial charge in [0.1, 0.15) is 15.5 Å². The van der Waals surface area contributed by atoms with Crippen molar-refractivity contribution in [2.45, 2.75) is 32.6 Å². The van der Waals surface area contributed by atoms with E-state index in [2.05, 4.69) is 18.3 Å². The van der Waals surface area contributed by atoms with Gasteiger partial charge >= 0.3 is 0 Å². The molecule has 3 aromatic rings. The summed E-state index contributed by atoms with van der Waals surface area (Å²) in [7, 11) is 1.61. The second-order valence-corrected chi connectivity index (χ2v) is 7.99. The molecule has 0 spiro atoms. The number of thiophene rings is 1. The van der Waals surface area contributed by atoms with Crippen LogP contribution in [-0.2, 0) is 12.8 Å². The Bertz CT molecular complexity index is 995. The fourth-order valence-corrected chi connectivity index (χ4v) is 4.64. The van der Waals surface area contributed by atoms with Crippen molar-refractivity contribution in [2.24, 2.45) is 5.92 Å². The van der Waals surface area contributed by atoms with Crippen LogP contribution in [0.15, 0.2) is 30.3 Å². The predicted molar refractivity (Wildman–Crippen MR) is 111 cm³/mol. The number of carbonyl (C=O) groups excluding carboxylic acids is 1. The summed E-state index contributed by atoms with van der Waals surface area (Å²) in [6.45, 7) is 2.24. The number of hydrogen-bond acceptors (Lipinski definition) is 5. The van der Waals surface area contributed by atoms with Gasteiger partial charge in [-0.1, -0.05) is 13.3 Å². The van der Waals surface area contributed by atoms with E-state index in [-0.39, 0.29) is 5.91 Å². The average molecular weight is 382 g/mol. The van der Waals surface area contributed by atoms with Crippen molar-refractivity contribution in [1.82, 2.24) is 4.98 Å². The summed E-state index contributed by atoms with van der Waals surface area (Å²) >= 11 is 1.37. The van der Waals surface area contributed by atoms with E-state index in [0.717, 1.165) is 40.4 Å². The first-order valence-electron chi connectivity index (χ1n) is 9.25. The number of ether oxygens (including phenoxy) is 1. The maximum Gasteiger partial charge on any atom is 0.267 e. The second-order valence-electron chi connectivity index (χ2n) is 6.99. The van der Waals surface area contributed by atoms with Gasteiger partial charge in [-0.25, -0.2) is 4.98 Å². The Balaban J connectivity index is 1.63. The molecule has 0 radical (unpaired) electrons. The highest BCUT2D eigenvalue weighted by molar-refractivity contribution is 7.21. The van der Waals surface area contributed by atoms with E-state index in [1.807, 2.05) is 24.3 Å². The number of rotatable bonds is 4. The first-order chi connectivity index (χ1) is 13.1. The standard InChI is InChI=1S/C21H23N3O2S/c1-3-12-4-9-17-13(10-12)11-16-18(22)19(27-21(16)24-17)20(25)23-14-5-7-15(26-2)8-6-14/h5-8,11-12H,3-4,9-10,22H2,1-2H3,(H,23,25)/t12-/m1/s1. The Hall–Kier alpha value is -2.60. The molecular formula is C21H23N3O2S. The summed E-state index contributed by atoms with van der Waals surface area (Å²) in [6, 6.07) is 9.38. The van der Waals surface area contributed by atoms with Crippen LogP contribution in [0.1, 0.15) is 40.7 Å². The highest BCUT2D eigenvalue weighted by Gasteiger charge is 2.23. The molecule has 0 bridgehead atoms. The maximum atomic E-state index is 12.7. The van der Waals surface area contributed by atoms with Crippen LogP contribution in [0.4, 0.5) is 11.4 Å². The second kappa shape index (κ2) is 7.19. The number of pyridine rings is 1. The van der Waals surface area contributed by atoms with Crippen molar-refractivity contribution in [2.75, 3.05) is 18.2 Å². The zero-order valence-corrected chi connectivity index (χ0v) is 16.4. The molecule has 0 saturated heterocycles. The van der Waals surface area contributed by atoms with E-state index in [9.17, 15) is 4.79 Å². The third-order valence-electron chi connectivity index (χ3n) is 5.32. The number of aryl methyl sites for hydroxylation is 1. The van der Waals surface area contributed by atoms with Crippen LogP contribution in [0, 0.1) is 5.92 Å². The number of nitrogens with two attached hydrogens (primary N) is 1. The first kappa shape index (κ1) is 17.8. The normalized spacial score (nSPS) is 16.1. The third-order valence-corrected chi connectivity index (χ3v) is 6.43. The van der Waals surface area contributed by atoms with Crippen LogP contribution in [-0.4, -0.2) is 18.0 Å². The molecular weight excluding hydrogens is 358 g/mol. The van der Waals surface area contributed by atoms with E-state index < -0.39 is 0 Å². The summed E-state index contributed by atoms with van der Waals surface area (Å²) in [6.07, 6.45) is 4.44. The molecule has 140 valence electrons. The number of benzene rings is 1. The van der Waals surface area contributed by atoms with Gasteiger partial charge in [0.15, 0.2) is 0 Å². The number of nitrogens with one attached hydrogen (secondary N) is 1. The van der Waals surface area contributed by atoms with E-state index >= 15 is 0 Å². The number of aromatic nitrogens is 1. The Morgan fingerprint density at radius 3 is 2.85 bits per heavy atom. The fraction of sp³-hybridized carbons (Fsp3) is 0.333. The molecule has 1 aliphatic rings. The van der Waals surface area contributed by atoms with Crippen LogP contribution in [0.5, 0.6) is 5.75 Å². The Kier molecular flexibility index (Phi) is 4.74. The number of methoxy groups -OCH3 is 1. The molecule has 0 unspecified atom stereocenters. The van der Waals surface area contributed by atoms with Crippen molar-refractivity contribution < 1.29 is 9.53 Å². The lowest BCUT2D eigenvalue weighted by Crippen LogP contribution is -2.14. The Labute approximate surface area is 162 Å². The fourth-order valence-electron chi connectivity index (χ4n) is 3.65. The van der Waals surface area contributed by atoms with Gasteiger partial charge in [-0.15, -0.1) is 11.3 Å². The van der Waals surface area contributed by atoms with Gasteiger partial charge in [0.25, 0.3) is 5.91 Å². The molecule has 27 heavy (non-hydrogen) atoms. The SMILES string of the molecule is CC[C@@H]1CCc2nc3sc(C(=O)Nc4ccc(OC)cc4)c(N)c3cc2C1. The largest absolute Gasteiger partial charge is 0.497 e. The van der Waals surface area contributed by atoms with Crippen molar-refractivity contribution in [3.63, 3.8) is 0 Å². The molecule has 1 aromatic carbocycles. The minimum absolute atomic E-state index is 0.204. The monoisotopic (exact) mass is 381 g/mol.